The lowest BCUT2D eigenvalue weighted by Gasteiger charge is -2.13. The maximum atomic E-state index is 13.7. The first-order chi connectivity index (χ1) is 19.5. The number of fused-ring (bicyclic) bond motifs is 1. The van der Waals surface area contributed by atoms with E-state index >= 15 is 0 Å². The van der Waals surface area contributed by atoms with E-state index in [-0.39, 0.29) is 5.56 Å². The Kier molecular flexibility index (Phi) is 8.28. The summed E-state index contributed by atoms with van der Waals surface area (Å²) in [5.41, 5.74) is 3.09. The molecule has 0 amide bonds. The van der Waals surface area contributed by atoms with E-state index < -0.39 is 11.4 Å². The summed E-state index contributed by atoms with van der Waals surface area (Å²) in [7, 11) is 3.23. The van der Waals surface area contributed by atoms with E-state index in [4.69, 9.17) is 9.47 Å². The third kappa shape index (κ3) is 5.64. The van der Waals surface area contributed by atoms with E-state index in [9.17, 15) is 14.7 Å². The normalized spacial score (nSPS) is 11.1. The summed E-state index contributed by atoms with van der Waals surface area (Å²) in [6.45, 7) is 1.48. The van der Waals surface area contributed by atoms with E-state index in [1.54, 1.807) is 14.2 Å². The van der Waals surface area contributed by atoms with Crippen molar-refractivity contribution in [2.45, 2.75) is 19.5 Å². The Morgan fingerprint density at radius 1 is 0.950 bits per heavy atom. The molecule has 7 nitrogen and oxygen atoms in total. The Morgan fingerprint density at radius 3 is 2.38 bits per heavy atom. The van der Waals surface area contributed by atoms with Crippen LogP contribution in [0.2, 0.25) is 0 Å². The zero-order valence-corrected chi connectivity index (χ0v) is 23.2. The van der Waals surface area contributed by atoms with Gasteiger partial charge in [-0.1, -0.05) is 48.5 Å². The molecule has 0 aliphatic heterocycles. The molecule has 2 aromatic heterocycles. The first kappa shape index (κ1) is 27.2. The second-order valence-corrected chi connectivity index (χ2v) is 10.3. The Hall–Kier alpha value is -4.40. The number of rotatable bonds is 11. The van der Waals surface area contributed by atoms with Crippen molar-refractivity contribution >= 4 is 27.5 Å². The molecule has 3 aromatic carbocycles. The molecule has 2 N–H and O–H groups in total. The molecule has 0 unspecified atom stereocenters. The number of pyridine rings is 1. The second-order valence-electron chi connectivity index (χ2n) is 9.35. The lowest BCUT2D eigenvalue weighted by molar-refractivity contribution is 0.0695. The number of nitrogens with one attached hydrogen (secondary N) is 1. The molecule has 0 aliphatic carbocycles. The highest BCUT2D eigenvalue weighted by molar-refractivity contribution is 7.22. The molecule has 0 bridgehead atoms. The van der Waals surface area contributed by atoms with E-state index in [2.05, 4.69) is 17.4 Å². The van der Waals surface area contributed by atoms with Gasteiger partial charge in [-0.15, -0.1) is 11.3 Å². The third-order valence-electron chi connectivity index (χ3n) is 6.86. The number of thiophene rings is 1. The fraction of sp³-hybridized carbons (Fsp3) is 0.188. The molecule has 0 saturated heterocycles. The SMILES string of the molecule is COc1ccc(-c2sc3c(c2CNCCc2ccccc2)c(=O)c(C(=O)O)cn3Cc2ccccc2OC)cc1. The predicted molar refractivity (Wildman–Crippen MR) is 159 cm³/mol. The average molecular weight is 555 g/mol. The number of aromatic nitrogens is 1. The van der Waals surface area contributed by atoms with Gasteiger partial charge in [0.15, 0.2) is 0 Å². The fourth-order valence-electron chi connectivity index (χ4n) is 4.82. The lowest BCUT2D eigenvalue weighted by atomic mass is 10.0. The highest BCUT2D eigenvalue weighted by Crippen LogP contribution is 2.38. The Bertz CT molecular complexity index is 1690. The first-order valence-electron chi connectivity index (χ1n) is 12.9. The molecule has 0 aliphatic rings. The number of carboxylic acid groups (broad SMARTS) is 1. The maximum Gasteiger partial charge on any atom is 0.341 e. The predicted octanol–water partition coefficient (Wildman–Crippen LogP) is 5.83. The molecular weight excluding hydrogens is 524 g/mol. The number of aromatic carboxylic acids is 1. The van der Waals surface area contributed by atoms with Gasteiger partial charge in [-0.05, 0) is 60.0 Å². The Labute approximate surface area is 236 Å². The van der Waals surface area contributed by atoms with Crippen LogP contribution in [0.4, 0.5) is 0 Å². The molecule has 8 heteroatoms. The summed E-state index contributed by atoms with van der Waals surface area (Å²) < 4.78 is 12.7. The summed E-state index contributed by atoms with van der Waals surface area (Å²) >= 11 is 1.49. The molecule has 0 atom stereocenters. The summed E-state index contributed by atoms with van der Waals surface area (Å²) in [6, 6.07) is 25.5. The van der Waals surface area contributed by atoms with Gasteiger partial charge in [-0.2, -0.15) is 0 Å². The maximum absolute atomic E-state index is 13.7. The van der Waals surface area contributed by atoms with E-state index in [0.717, 1.165) is 33.7 Å². The van der Waals surface area contributed by atoms with Crippen molar-refractivity contribution < 1.29 is 19.4 Å². The van der Waals surface area contributed by atoms with Crippen LogP contribution < -0.4 is 20.2 Å². The number of carbonyl (C=O) groups is 1. The molecule has 0 radical (unpaired) electrons. The molecule has 5 aromatic rings. The van der Waals surface area contributed by atoms with Crippen LogP contribution in [0.25, 0.3) is 20.7 Å². The summed E-state index contributed by atoms with van der Waals surface area (Å²) in [6.07, 6.45) is 2.28. The van der Waals surface area contributed by atoms with Crippen LogP contribution >= 0.6 is 11.3 Å². The van der Waals surface area contributed by atoms with Gasteiger partial charge in [0.05, 0.1) is 26.2 Å². The minimum Gasteiger partial charge on any atom is -0.497 e. The number of benzene rings is 3. The van der Waals surface area contributed by atoms with Crippen LogP contribution in [0.3, 0.4) is 0 Å². The molecule has 0 saturated carbocycles. The number of ether oxygens (including phenoxy) is 2. The molecule has 5 rings (SSSR count). The third-order valence-corrected chi connectivity index (χ3v) is 8.18. The van der Waals surface area contributed by atoms with Crippen LogP contribution in [0, 0.1) is 0 Å². The van der Waals surface area contributed by atoms with E-state index in [0.29, 0.717) is 35.6 Å². The van der Waals surface area contributed by atoms with E-state index in [1.165, 1.54) is 23.1 Å². The van der Waals surface area contributed by atoms with Crippen molar-refractivity contribution in [3.63, 3.8) is 0 Å². The zero-order valence-electron chi connectivity index (χ0n) is 22.3. The van der Waals surface area contributed by atoms with Crippen LogP contribution in [0.1, 0.15) is 27.0 Å². The van der Waals surface area contributed by atoms with Gasteiger partial charge in [-0.25, -0.2) is 4.79 Å². The van der Waals surface area contributed by atoms with Crippen molar-refractivity contribution in [1.82, 2.24) is 9.88 Å². The van der Waals surface area contributed by atoms with Gasteiger partial charge in [0.25, 0.3) is 0 Å². The van der Waals surface area contributed by atoms with Gasteiger partial charge in [0, 0.05) is 23.2 Å². The van der Waals surface area contributed by atoms with Gasteiger partial charge in [0.1, 0.15) is 21.9 Å². The number of hydrogen-bond donors (Lipinski definition) is 2. The van der Waals surface area contributed by atoms with Gasteiger partial charge in [-0.3, -0.25) is 4.79 Å². The largest absolute Gasteiger partial charge is 0.497 e. The van der Waals surface area contributed by atoms with Crippen molar-refractivity contribution in [1.29, 1.82) is 0 Å². The standard InChI is InChI=1S/C32H30N2O5S/c1-38-24-14-12-22(13-15-24)30-25(18-33-17-16-21-8-4-3-5-9-21)28-29(35)26(32(36)37)20-34(31(28)40-30)19-23-10-6-7-11-27(23)39-2/h3-15,20,33H,16-19H2,1-2H3,(H,36,37). The number of hydrogen-bond acceptors (Lipinski definition) is 6. The Balaban J connectivity index is 1.63. The number of para-hydroxylation sites is 1. The van der Waals surface area contributed by atoms with E-state index in [1.807, 2.05) is 71.3 Å². The molecule has 40 heavy (non-hydrogen) atoms. The molecule has 204 valence electrons. The van der Waals surface area contributed by atoms with Crippen molar-refractivity contribution in [2.75, 3.05) is 20.8 Å². The van der Waals surface area contributed by atoms with Crippen molar-refractivity contribution in [2.24, 2.45) is 0 Å². The monoisotopic (exact) mass is 554 g/mol. The molecule has 0 spiro atoms. The fourth-order valence-corrected chi connectivity index (χ4v) is 6.12. The van der Waals surface area contributed by atoms with Gasteiger partial charge >= 0.3 is 5.97 Å². The minimum absolute atomic E-state index is 0.257. The van der Waals surface area contributed by atoms with Crippen LogP contribution in [-0.4, -0.2) is 36.4 Å². The molecule has 0 fully saturated rings. The van der Waals surface area contributed by atoms with Crippen LogP contribution in [-0.2, 0) is 19.5 Å². The minimum atomic E-state index is -1.25. The average Bonchev–Trinajstić information content (AvgIpc) is 3.37. The van der Waals surface area contributed by atoms with Crippen LogP contribution in [0.5, 0.6) is 11.5 Å². The molecule has 2 heterocycles. The van der Waals surface area contributed by atoms with Crippen molar-refractivity contribution in [3.8, 4) is 21.9 Å². The number of nitrogens with zero attached hydrogens (tertiary/aromatic N) is 1. The highest BCUT2D eigenvalue weighted by atomic mass is 32.1. The summed E-state index contributed by atoms with van der Waals surface area (Å²) in [5, 5.41) is 13.9. The first-order valence-corrected chi connectivity index (χ1v) is 13.7. The zero-order chi connectivity index (χ0) is 28.1. The quantitative estimate of drug-likeness (QED) is 0.200. The van der Waals surface area contributed by atoms with Gasteiger partial charge in [0.2, 0.25) is 5.43 Å². The number of methoxy groups -OCH3 is 2. The van der Waals surface area contributed by atoms with Crippen LogP contribution in [0.15, 0.2) is 89.9 Å². The molecular formula is C32H30N2O5S. The smallest absolute Gasteiger partial charge is 0.341 e. The highest BCUT2D eigenvalue weighted by Gasteiger charge is 2.23. The topological polar surface area (TPSA) is 89.8 Å². The summed E-state index contributed by atoms with van der Waals surface area (Å²) in [4.78, 5) is 27.5. The second kappa shape index (κ2) is 12.2. The Morgan fingerprint density at radius 2 is 1.68 bits per heavy atom. The summed E-state index contributed by atoms with van der Waals surface area (Å²) in [5.74, 6) is 0.179. The van der Waals surface area contributed by atoms with Gasteiger partial charge < -0.3 is 24.5 Å². The van der Waals surface area contributed by atoms with Crippen molar-refractivity contribution in [3.05, 3.63) is 118 Å². The number of carboxylic acids is 1. The lowest BCUT2D eigenvalue weighted by Crippen LogP contribution is -2.21.